The average Bonchev–Trinajstić information content (AvgIpc) is 1.58. The predicted molar refractivity (Wildman–Crippen MR) is 329 cm³/mol. The molecule has 4 saturated heterocycles. The van der Waals surface area contributed by atoms with Crippen LogP contribution in [0.15, 0.2) is 147 Å². The van der Waals surface area contributed by atoms with Crippen LogP contribution in [0.5, 0.6) is 0 Å². The number of aromatic nitrogens is 8. The van der Waals surface area contributed by atoms with Crippen molar-refractivity contribution in [2.24, 2.45) is 0 Å². The number of nitrogens with zero attached hydrogens (tertiary/aromatic N) is 9. The van der Waals surface area contributed by atoms with Crippen molar-refractivity contribution in [3.63, 3.8) is 0 Å². The lowest BCUT2D eigenvalue weighted by atomic mass is 10.1. The number of rotatable bonds is 19. The van der Waals surface area contributed by atoms with Crippen molar-refractivity contribution in [3.8, 4) is 0 Å². The second-order valence-electron chi connectivity index (χ2n) is 23.1. The lowest BCUT2D eigenvalue weighted by Crippen LogP contribution is -2.43. The van der Waals surface area contributed by atoms with Crippen molar-refractivity contribution in [3.05, 3.63) is 169 Å². The third kappa shape index (κ3) is 15.0. The molecule has 0 saturated carbocycles. The number of aliphatic hydroxyl groups excluding tert-OH is 1. The summed E-state index contributed by atoms with van der Waals surface area (Å²) >= 11 is 0. The number of hydrogen-bond acceptors (Lipinski definition) is 20. The molecule has 8 heterocycles. The SMILES string of the molecule is CC(C)N(C(C)C)P(C)OCc1ccccc1.CC1(C)OC2[C@H](n3cnc4c(NC(=O)c5ccccc5)ncnc43)O[C@](F)(CO)[C@@H]2O1.CC1(C)OC2[C@H](n3cnc4c(NC(=O)c5ccccc5)ncnc43)O[C@](F)(COP(C)(=O)OCc3ccccc3)[C@@H]2O1. The maximum atomic E-state index is 16.5. The summed E-state index contributed by atoms with van der Waals surface area (Å²) in [5.74, 6) is -7.57. The van der Waals surface area contributed by atoms with E-state index in [4.69, 9.17) is 42.0 Å². The number of halogens is 2. The Morgan fingerprint density at radius 3 is 1.46 bits per heavy atom. The Morgan fingerprint density at radius 1 is 0.611 bits per heavy atom. The minimum Gasteiger partial charge on any atom is -0.390 e. The average molecular weight is 1280 g/mol. The number of amides is 2. The zero-order valence-corrected chi connectivity index (χ0v) is 53.1. The van der Waals surface area contributed by atoms with Gasteiger partial charge in [0.15, 0.2) is 70.2 Å². The highest BCUT2D eigenvalue weighted by atomic mass is 31.2. The monoisotopic (exact) mass is 1280 g/mol. The highest BCUT2D eigenvalue weighted by molar-refractivity contribution is 7.52. The van der Waals surface area contributed by atoms with E-state index in [-0.39, 0.29) is 41.2 Å². The van der Waals surface area contributed by atoms with Gasteiger partial charge in [-0.2, -0.15) is 0 Å². The Hall–Kier alpha value is -7.00. The molecule has 0 aliphatic carbocycles. The summed E-state index contributed by atoms with van der Waals surface area (Å²) in [6.45, 7) is 18.1. The van der Waals surface area contributed by atoms with E-state index < -0.39 is 89.3 Å². The third-order valence-electron chi connectivity index (χ3n) is 14.8. The van der Waals surface area contributed by atoms with Crippen molar-refractivity contribution in [1.29, 1.82) is 0 Å². The molecule has 4 aromatic heterocycles. The van der Waals surface area contributed by atoms with Crippen molar-refractivity contribution in [2.75, 3.05) is 37.2 Å². The summed E-state index contributed by atoms with van der Waals surface area (Å²) in [6, 6.07) is 37.9. The van der Waals surface area contributed by atoms with Crippen LogP contribution < -0.4 is 10.6 Å². The van der Waals surface area contributed by atoms with Gasteiger partial charge < -0.3 is 57.7 Å². The molecule has 4 aliphatic rings. The van der Waals surface area contributed by atoms with Gasteiger partial charge in [-0.1, -0.05) is 97.1 Å². The Labute approximate surface area is 520 Å². The molecular weight excluding hydrogens is 1210 g/mol. The fourth-order valence-corrected chi connectivity index (χ4v) is 13.5. The third-order valence-corrected chi connectivity index (χ3v) is 18.0. The first-order valence-electron chi connectivity index (χ1n) is 29.1. The highest BCUT2D eigenvalue weighted by Gasteiger charge is 2.66. The topological polar surface area (TPSA) is 269 Å². The van der Waals surface area contributed by atoms with E-state index in [0.717, 1.165) is 5.56 Å². The number of carbonyl (C=O) groups excluding carboxylic acids is 2. The number of hydrogen-bond donors (Lipinski definition) is 3. The van der Waals surface area contributed by atoms with Crippen molar-refractivity contribution < 1.29 is 70.0 Å². The van der Waals surface area contributed by atoms with E-state index in [1.165, 1.54) is 46.7 Å². The van der Waals surface area contributed by atoms with Gasteiger partial charge in [0.1, 0.15) is 46.4 Å². The molecule has 0 bridgehead atoms. The summed E-state index contributed by atoms with van der Waals surface area (Å²) in [5.41, 5.74) is 4.06. The van der Waals surface area contributed by atoms with E-state index in [1.54, 1.807) is 82.3 Å². The first-order valence-corrected chi connectivity index (χ1v) is 32.7. The maximum Gasteiger partial charge on any atom is 0.328 e. The Morgan fingerprint density at radius 2 is 1.02 bits per heavy atom. The van der Waals surface area contributed by atoms with Crippen LogP contribution in [-0.4, -0.2) is 147 Å². The first kappa shape index (κ1) is 65.9. The lowest BCUT2D eigenvalue weighted by molar-refractivity contribution is -0.264. The molecule has 0 radical (unpaired) electrons. The zero-order chi connectivity index (χ0) is 64.2. The van der Waals surface area contributed by atoms with Crippen LogP contribution in [0.25, 0.3) is 22.3 Å². The molecular formula is C62H73F2N11O13P2. The van der Waals surface area contributed by atoms with Gasteiger partial charge in [-0.25, -0.2) is 38.7 Å². The summed E-state index contributed by atoms with van der Waals surface area (Å²) < 4.78 is 102. The van der Waals surface area contributed by atoms with Gasteiger partial charge in [-0.3, -0.25) is 28.0 Å². The molecule has 2 amide bonds. The number of benzene rings is 4. The maximum absolute atomic E-state index is 16.5. The van der Waals surface area contributed by atoms with Gasteiger partial charge in [0, 0.05) is 29.9 Å². The number of fused-ring (bicyclic) bond motifs is 4. The van der Waals surface area contributed by atoms with Gasteiger partial charge >= 0.3 is 7.60 Å². The summed E-state index contributed by atoms with van der Waals surface area (Å²) in [4.78, 5) is 50.8. The van der Waals surface area contributed by atoms with Gasteiger partial charge in [-0.05, 0) is 97.4 Å². The van der Waals surface area contributed by atoms with E-state index in [9.17, 15) is 19.3 Å². The van der Waals surface area contributed by atoms with Crippen LogP contribution in [0, 0.1) is 0 Å². The van der Waals surface area contributed by atoms with Crippen LogP contribution in [-0.2, 0) is 59.8 Å². The van der Waals surface area contributed by atoms with Crippen LogP contribution in [0.4, 0.5) is 20.4 Å². The van der Waals surface area contributed by atoms with E-state index >= 15 is 8.78 Å². The largest absolute Gasteiger partial charge is 0.390 e. The molecule has 90 heavy (non-hydrogen) atoms. The number of anilines is 2. The van der Waals surface area contributed by atoms with E-state index in [2.05, 4.69) is 104 Å². The fourth-order valence-electron chi connectivity index (χ4n) is 10.9. The number of nitrogens with one attached hydrogen (secondary N) is 2. The van der Waals surface area contributed by atoms with Crippen LogP contribution >= 0.6 is 15.9 Å². The number of carbonyl (C=O) groups is 2. The highest BCUT2D eigenvalue weighted by Crippen LogP contribution is 2.53. The second-order valence-corrected chi connectivity index (χ2v) is 26.8. The van der Waals surface area contributed by atoms with Crippen molar-refractivity contribution >= 4 is 61.7 Å². The molecule has 12 rings (SSSR count). The molecule has 28 heteroatoms. The van der Waals surface area contributed by atoms with Crippen LogP contribution in [0.1, 0.15) is 99.7 Å². The zero-order valence-electron chi connectivity index (χ0n) is 51.3. The minimum atomic E-state index is -3.68. The number of ether oxygens (including phenoxy) is 6. The van der Waals surface area contributed by atoms with E-state index in [1.807, 2.05) is 42.5 Å². The van der Waals surface area contributed by atoms with Gasteiger partial charge in [0.05, 0.1) is 25.9 Å². The normalized spacial score (nSPS) is 24.8. The smallest absolute Gasteiger partial charge is 0.328 e. The Balaban J connectivity index is 0.000000162. The standard InChI is InChI=1S/C28H29FN5O7P.C20H20FN5O5.C14H24NOP/c1-27(2)39-21-22(40-27)28(29,15-38-42(3,36)37-14-18-10-6-4-7-11-18)41-26(21)34-17-32-20-23(30-16-31-24(20)34)33-25(35)19-12-8-5-9-13-19;1-19(2)29-13-14(30-19)20(21,8-27)31-18(13)26-10-24-12-15(22-9-23-16(12)26)25-17(28)11-6-4-3-5-7-11;1-12(2)15(13(3)4)17(5)16-11-14-9-7-6-8-10-14/h4-13,16-17,21-22,26H,14-15H2,1-3H3,(H,30,31,33,35);3-7,9-10,13-14,18,27H,8H2,1-2H3,(H,22,23,25,28);6-10,12-13H,11H2,1-5H3/t21?,22-,26-,28-,42?;13?,14-,18-,20-;/m11./s1. The van der Waals surface area contributed by atoms with Gasteiger partial charge in [-0.15, -0.1) is 0 Å². The van der Waals surface area contributed by atoms with Crippen LogP contribution in [0.2, 0.25) is 0 Å². The minimum absolute atomic E-state index is 0.0277. The summed E-state index contributed by atoms with van der Waals surface area (Å²) in [5, 5.41) is 15.0. The Bertz CT molecular complexity index is 3780. The second kappa shape index (κ2) is 27.4. The van der Waals surface area contributed by atoms with E-state index in [0.29, 0.717) is 41.0 Å². The van der Waals surface area contributed by atoms with Gasteiger partial charge in [0.25, 0.3) is 23.5 Å². The Kier molecular flexibility index (Phi) is 20.1. The molecule has 4 aromatic carbocycles. The molecule has 4 aliphatic heterocycles. The van der Waals surface area contributed by atoms with Crippen molar-refractivity contribution in [2.45, 2.75) is 141 Å². The lowest BCUT2D eigenvalue weighted by Gasteiger charge is -2.35. The molecule has 10 atom stereocenters. The molecule has 4 unspecified atom stereocenters. The van der Waals surface area contributed by atoms with Crippen LogP contribution in [0.3, 0.4) is 0 Å². The van der Waals surface area contributed by atoms with Gasteiger partial charge in [0.2, 0.25) is 0 Å². The molecule has 8 aromatic rings. The number of imidazole rings is 2. The fraction of sp³-hybridized carbons (Fsp3) is 0.419. The number of aliphatic hydroxyl groups is 1. The molecule has 3 N–H and O–H groups in total. The first-order chi connectivity index (χ1) is 42.9. The molecule has 0 spiro atoms. The number of alkyl halides is 2. The molecule has 24 nitrogen and oxygen atoms in total. The summed E-state index contributed by atoms with van der Waals surface area (Å²) in [6.07, 6.45) is -0.925. The predicted octanol–water partition coefficient (Wildman–Crippen LogP) is 10.9. The molecule has 478 valence electrons. The quantitative estimate of drug-likeness (QED) is 0.0635. The molecule has 4 fully saturated rings. The van der Waals surface area contributed by atoms with Crippen molar-refractivity contribution in [1.82, 2.24) is 43.7 Å². The summed E-state index contributed by atoms with van der Waals surface area (Å²) in [7, 11) is -4.20.